The highest BCUT2D eigenvalue weighted by atomic mass is 16.7. The molecule has 2 rings (SSSR count). The summed E-state index contributed by atoms with van der Waals surface area (Å²) in [7, 11) is 0. The van der Waals surface area contributed by atoms with Crippen LogP contribution in [-0.2, 0) is 19.0 Å². The lowest BCUT2D eigenvalue weighted by Gasteiger charge is -2.30. The van der Waals surface area contributed by atoms with Gasteiger partial charge < -0.3 is 24.3 Å². The van der Waals surface area contributed by atoms with Gasteiger partial charge in [-0.25, -0.2) is 9.59 Å². The van der Waals surface area contributed by atoms with E-state index in [0.29, 0.717) is 24.9 Å². The van der Waals surface area contributed by atoms with E-state index in [1.165, 1.54) is 6.07 Å². The number of hydrogen-bond donors (Lipinski definition) is 1. The van der Waals surface area contributed by atoms with Crippen molar-refractivity contribution in [2.75, 3.05) is 6.61 Å². The second-order valence-corrected chi connectivity index (χ2v) is 7.87. The van der Waals surface area contributed by atoms with Gasteiger partial charge in [-0.1, -0.05) is 12.1 Å². The van der Waals surface area contributed by atoms with Gasteiger partial charge in [0.2, 0.25) is 0 Å². The first-order chi connectivity index (χ1) is 13.7. The Kier molecular flexibility index (Phi) is 8.16. The van der Waals surface area contributed by atoms with Crippen molar-refractivity contribution >= 4 is 18.3 Å². The molecule has 1 amide bonds. The van der Waals surface area contributed by atoms with Crippen LogP contribution in [0.2, 0.25) is 0 Å². The Morgan fingerprint density at radius 3 is 2.66 bits per heavy atom. The molecule has 3 unspecified atom stereocenters. The third-order valence-electron chi connectivity index (χ3n) is 4.11. The van der Waals surface area contributed by atoms with Gasteiger partial charge in [0.15, 0.2) is 12.3 Å². The molecule has 1 N–H and O–H groups in total. The van der Waals surface area contributed by atoms with E-state index in [9.17, 15) is 14.4 Å². The molecule has 1 aromatic rings. The molecular weight excluding hydrogens is 378 g/mol. The van der Waals surface area contributed by atoms with Gasteiger partial charge in [-0.05, 0) is 59.1 Å². The van der Waals surface area contributed by atoms with Gasteiger partial charge in [0, 0.05) is 12.2 Å². The minimum absolute atomic E-state index is 0.191. The van der Waals surface area contributed by atoms with E-state index in [1.54, 1.807) is 45.9 Å². The predicted molar refractivity (Wildman–Crippen MR) is 105 cm³/mol. The van der Waals surface area contributed by atoms with E-state index in [0.717, 1.165) is 12.8 Å². The summed E-state index contributed by atoms with van der Waals surface area (Å²) in [5.41, 5.74) is -0.361. The first-order valence-electron chi connectivity index (χ1n) is 9.71. The van der Waals surface area contributed by atoms with Crippen molar-refractivity contribution in [2.45, 2.75) is 71.0 Å². The normalized spacial score (nSPS) is 19.0. The summed E-state index contributed by atoms with van der Waals surface area (Å²) in [6.07, 6.45) is 1.34. The second kappa shape index (κ2) is 10.4. The first-order valence-corrected chi connectivity index (χ1v) is 9.71. The number of alkyl carbamates (subject to hydrolysis) is 1. The lowest BCUT2D eigenvalue weighted by atomic mass is 10.1. The quantitative estimate of drug-likeness (QED) is 0.421. The van der Waals surface area contributed by atoms with Crippen LogP contribution in [0.4, 0.5) is 4.79 Å². The van der Waals surface area contributed by atoms with Gasteiger partial charge in [-0.3, -0.25) is 4.79 Å². The highest BCUT2D eigenvalue weighted by Crippen LogP contribution is 2.19. The van der Waals surface area contributed by atoms with Gasteiger partial charge >= 0.3 is 12.1 Å². The maximum Gasteiger partial charge on any atom is 0.408 e. The maximum atomic E-state index is 12.8. The summed E-state index contributed by atoms with van der Waals surface area (Å²) in [5, 5.41) is 2.53. The van der Waals surface area contributed by atoms with Crippen molar-refractivity contribution in [3.8, 4) is 5.75 Å². The molecule has 1 saturated heterocycles. The molecule has 29 heavy (non-hydrogen) atoms. The van der Waals surface area contributed by atoms with Gasteiger partial charge in [0.1, 0.15) is 17.6 Å². The number of benzene rings is 1. The number of ether oxygens (including phenoxy) is 4. The number of carbonyl (C=O) groups excluding carboxylic acids is 3. The monoisotopic (exact) mass is 407 g/mol. The van der Waals surface area contributed by atoms with E-state index in [1.807, 2.05) is 0 Å². The van der Waals surface area contributed by atoms with Gasteiger partial charge in [0.05, 0.1) is 6.10 Å². The van der Waals surface area contributed by atoms with Crippen LogP contribution in [0.1, 0.15) is 57.3 Å². The van der Waals surface area contributed by atoms with Crippen LogP contribution in [0.25, 0.3) is 0 Å². The van der Waals surface area contributed by atoms with Gasteiger partial charge in [0.25, 0.3) is 0 Å². The minimum Gasteiger partial charge on any atom is -0.444 e. The minimum atomic E-state index is -1.13. The van der Waals surface area contributed by atoms with E-state index in [2.05, 4.69) is 5.32 Å². The molecule has 0 radical (unpaired) electrons. The molecule has 3 atom stereocenters. The number of amides is 1. The van der Waals surface area contributed by atoms with Crippen LogP contribution in [0.5, 0.6) is 5.75 Å². The number of aldehydes is 1. The molecule has 0 saturated carbocycles. The third kappa shape index (κ3) is 7.83. The van der Waals surface area contributed by atoms with E-state index in [-0.39, 0.29) is 5.75 Å². The lowest BCUT2D eigenvalue weighted by Crippen LogP contribution is -2.52. The van der Waals surface area contributed by atoms with Crippen LogP contribution < -0.4 is 10.1 Å². The largest absolute Gasteiger partial charge is 0.444 e. The number of hydrogen-bond acceptors (Lipinski definition) is 7. The molecule has 8 nitrogen and oxygen atoms in total. The topological polar surface area (TPSA) is 100 Å². The highest BCUT2D eigenvalue weighted by Gasteiger charge is 2.33. The number of nitrogens with one attached hydrogen (secondary N) is 1. The van der Waals surface area contributed by atoms with Gasteiger partial charge in [-0.15, -0.1) is 0 Å². The summed E-state index contributed by atoms with van der Waals surface area (Å²) in [4.78, 5) is 36.0. The zero-order chi connectivity index (χ0) is 21.4. The molecule has 8 heteroatoms. The number of esters is 1. The molecule has 160 valence electrons. The van der Waals surface area contributed by atoms with Crippen molar-refractivity contribution < 1.29 is 33.3 Å². The first kappa shape index (κ1) is 22.8. The summed E-state index contributed by atoms with van der Waals surface area (Å²) in [6, 6.07) is 5.04. The number of carbonyl (C=O) groups is 3. The number of rotatable bonds is 7. The van der Waals surface area contributed by atoms with Crippen molar-refractivity contribution in [3.05, 3.63) is 29.8 Å². The maximum absolute atomic E-state index is 12.8. The fourth-order valence-electron chi connectivity index (χ4n) is 2.77. The van der Waals surface area contributed by atoms with E-state index < -0.39 is 36.1 Å². The molecule has 1 aromatic carbocycles. The predicted octanol–water partition coefficient (Wildman–Crippen LogP) is 3.23. The van der Waals surface area contributed by atoms with Crippen molar-refractivity contribution in [1.29, 1.82) is 0 Å². The zero-order valence-electron chi connectivity index (χ0n) is 17.3. The Labute approximate surface area is 170 Å². The smallest absolute Gasteiger partial charge is 0.408 e. The van der Waals surface area contributed by atoms with Gasteiger partial charge in [-0.2, -0.15) is 0 Å². The van der Waals surface area contributed by atoms with Crippen LogP contribution >= 0.6 is 0 Å². The molecule has 0 bridgehead atoms. The fraction of sp³-hybridized carbons (Fsp3) is 0.571. The second-order valence-electron chi connectivity index (χ2n) is 7.87. The van der Waals surface area contributed by atoms with Crippen LogP contribution in [0, 0.1) is 0 Å². The Morgan fingerprint density at radius 2 is 2.03 bits per heavy atom. The summed E-state index contributed by atoms with van der Waals surface area (Å²) >= 11 is 0. The molecule has 1 heterocycles. The summed E-state index contributed by atoms with van der Waals surface area (Å²) in [5.74, 6) is -0.543. The summed E-state index contributed by atoms with van der Waals surface area (Å²) in [6.45, 7) is 7.41. The third-order valence-corrected chi connectivity index (χ3v) is 4.11. The van der Waals surface area contributed by atoms with Crippen molar-refractivity contribution in [2.24, 2.45) is 0 Å². The SMILES string of the molecule is CC(OC1CCCCO1)C(NC(=O)OC(C)(C)C)C(=O)Oc1cccc(C=O)c1. The summed E-state index contributed by atoms with van der Waals surface area (Å²) < 4.78 is 22.0. The van der Waals surface area contributed by atoms with Crippen molar-refractivity contribution in [3.63, 3.8) is 0 Å². The lowest BCUT2D eigenvalue weighted by molar-refractivity contribution is -0.192. The van der Waals surface area contributed by atoms with E-state index >= 15 is 0 Å². The van der Waals surface area contributed by atoms with Crippen LogP contribution in [-0.4, -0.2) is 49.0 Å². The highest BCUT2D eigenvalue weighted by molar-refractivity contribution is 5.84. The zero-order valence-corrected chi connectivity index (χ0v) is 17.3. The molecular formula is C21H29NO7. The van der Waals surface area contributed by atoms with E-state index in [4.69, 9.17) is 18.9 Å². The Hall–Kier alpha value is -2.45. The Bertz CT molecular complexity index is 707. The average molecular weight is 407 g/mol. The van der Waals surface area contributed by atoms with Crippen LogP contribution in [0.3, 0.4) is 0 Å². The standard InChI is InChI=1S/C21H29NO7/c1-14(27-17-10-5-6-11-26-17)18(22-20(25)29-21(2,3)4)19(24)28-16-9-7-8-15(12-16)13-23/h7-9,12-14,17-18H,5-6,10-11H2,1-4H3,(H,22,25). The fourth-order valence-corrected chi connectivity index (χ4v) is 2.77. The van der Waals surface area contributed by atoms with Crippen LogP contribution in [0.15, 0.2) is 24.3 Å². The average Bonchev–Trinajstić information content (AvgIpc) is 2.65. The Balaban J connectivity index is 2.11. The molecule has 1 aliphatic rings. The molecule has 0 aromatic heterocycles. The molecule has 1 aliphatic heterocycles. The molecule has 0 aliphatic carbocycles. The molecule has 1 fully saturated rings. The molecule has 0 spiro atoms. The Morgan fingerprint density at radius 1 is 1.28 bits per heavy atom. The van der Waals surface area contributed by atoms with Crippen molar-refractivity contribution in [1.82, 2.24) is 5.32 Å².